The number of piperidine rings is 1. The van der Waals surface area contributed by atoms with Gasteiger partial charge in [-0.25, -0.2) is 5.43 Å². The van der Waals surface area contributed by atoms with Crippen LogP contribution in [0.1, 0.15) is 24.8 Å². The third kappa shape index (κ3) is 5.35. The summed E-state index contributed by atoms with van der Waals surface area (Å²) in [6.07, 6.45) is 5.03. The second-order valence-corrected chi connectivity index (χ2v) is 8.14. The number of phenolic OH excluding ortho intramolecular Hbond substituents is 1. The topological polar surface area (TPSA) is 98.6 Å². The van der Waals surface area contributed by atoms with Crippen LogP contribution in [-0.4, -0.2) is 39.4 Å². The molecule has 2 aromatic carbocycles. The SMILES string of the molecule is Oc1ccc(I)cc1/C=N/Nc1nc(Nc2ccccc2)nc(N2CCCCC2)n1. The normalized spacial score (nSPS) is 14.1. The largest absolute Gasteiger partial charge is 0.507 e. The zero-order valence-corrected chi connectivity index (χ0v) is 18.5. The summed E-state index contributed by atoms with van der Waals surface area (Å²) in [4.78, 5) is 15.8. The Labute approximate surface area is 188 Å². The Hall–Kier alpha value is -2.95. The van der Waals surface area contributed by atoms with Gasteiger partial charge < -0.3 is 15.3 Å². The molecule has 1 aromatic heterocycles. The Morgan fingerprint density at radius 3 is 2.53 bits per heavy atom. The lowest BCUT2D eigenvalue weighted by Gasteiger charge is -2.26. The van der Waals surface area contributed by atoms with E-state index in [-0.39, 0.29) is 5.75 Å². The molecule has 154 valence electrons. The molecule has 4 rings (SSSR count). The Morgan fingerprint density at radius 1 is 0.967 bits per heavy atom. The fraction of sp³-hybridized carbons (Fsp3) is 0.238. The number of para-hydroxylation sites is 1. The summed E-state index contributed by atoms with van der Waals surface area (Å²) in [7, 11) is 0. The molecule has 0 bridgehead atoms. The minimum absolute atomic E-state index is 0.164. The van der Waals surface area contributed by atoms with E-state index in [0.717, 1.165) is 35.2 Å². The van der Waals surface area contributed by atoms with Crippen LogP contribution in [0.2, 0.25) is 0 Å². The number of nitrogens with one attached hydrogen (secondary N) is 2. The van der Waals surface area contributed by atoms with Crippen molar-refractivity contribution in [1.82, 2.24) is 15.0 Å². The van der Waals surface area contributed by atoms with Crippen LogP contribution in [-0.2, 0) is 0 Å². The zero-order valence-electron chi connectivity index (χ0n) is 16.3. The molecule has 3 N–H and O–H groups in total. The van der Waals surface area contributed by atoms with Crippen LogP contribution in [0.25, 0.3) is 0 Å². The average Bonchev–Trinajstić information content (AvgIpc) is 2.77. The molecule has 1 aliphatic heterocycles. The summed E-state index contributed by atoms with van der Waals surface area (Å²) < 4.78 is 1.01. The summed E-state index contributed by atoms with van der Waals surface area (Å²) in [5.74, 6) is 1.58. The smallest absolute Gasteiger partial charge is 0.250 e. The molecule has 0 saturated carbocycles. The van der Waals surface area contributed by atoms with E-state index in [4.69, 9.17) is 0 Å². The van der Waals surface area contributed by atoms with Crippen molar-refractivity contribution in [2.24, 2.45) is 5.10 Å². The maximum Gasteiger partial charge on any atom is 0.250 e. The van der Waals surface area contributed by atoms with E-state index in [2.05, 4.69) is 58.3 Å². The van der Waals surface area contributed by atoms with Crippen molar-refractivity contribution >= 4 is 52.3 Å². The van der Waals surface area contributed by atoms with Gasteiger partial charge in [-0.3, -0.25) is 0 Å². The fourth-order valence-electron chi connectivity index (χ4n) is 3.14. The molecular formula is C21H22IN7O. The van der Waals surface area contributed by atoms with E-state index >= 15 is 0 Å². The number of anilines is 4. The summed E-state index contributed by atoms with van der Waals surface area (Å²) >= 11 is 2.19. The third-order valence-corrected chi connectivity index (χ3v) is 5.32. The number of rotatable bonds is 6. The van der Waals surface area contributed by atoms with Crippen molar-refractivity contribution in [2.45, 2.75) is 19.3 Å². The second-order valence-electron chi connectivity index (χ2n) is 6.89. The van der Waals surface area contributed by atoms with Gasteiger partial charge in [-0.2, -0.15) is 20.1 Å². The summed E-state index contributed by atoms with van der Waals surface area (Å²) in [6, 6.07) is 15.1. The third-order valence-electron chi connectivity index (χ3n) is 4.65. The lowest BCUT2D eigenvalue weighted by Crippen LogP contribution is -2.31. The van der Waals surface area contributed by atoms with Crippen molar-refractivity contribution < 1.29 is 5.11 Å². The molecule has 1 saturated heterocycles. The quantitative estimate of drug-likeness (QED) is 0.255. The molecule has 1 fully saturated rings. The van der Waals surface area contributed by atoms with Crippen molar-refractivity contribution in [3.05, 3.63) is 57.7 Å². The van der Waals surface area contributed by atoms with E-state index < -0.39 is 0 Å². The average molecular weight is 515 g/mol. The monoisotopic (exact) mass is 515 g/mol. The van der Waals surface area contributed by atoms with Gasteiger partial charge in [0.2, 0.25) is 17.8 Å². The van der Waals surface area contributed by atoms with Gasteiger partial charge in [-0.05, 0) is 72.2 Å². The van der Waals surface area contributed by atoms with E-state index in [1.54, 1.807) is 12.3 Å². The van der Waals surface area contributed by atoms with Gasteiger partial charge in [0.1, 0.15) is 5.75 Å². The van der Waals surface area contributed by atoms with Gasteiger partial charge in [0, 0.05) is 27.9 Å². The molecule has 0 unspecified atom stereocenters. The molecule has 0 radical (unpaired) electrons. The predicted molar refractivity (Wildman–Crippen MR) is 128 cm³/mol. The first kappa shape index (κ1) is 20.3. The number of nitrogens with zero attached hydrogens (tertiary/aromatic N) is 5. The molecule has 0 aliphatic carbocycles. The lowest BCUT2D eigenvalue weighted by atomic mass is 10.1. The Balaban J connectivity index is 1.58. The number of halogens is 1. The van der Waals surface area contributed by atoms with Crippen molar-refractivity contribution in [1.29, 1.82) is 0 Å². The van der Waals surface area contributed by atoms with Gasteiger partial charge in [0.15, 0.2) is 0 Å². The van der Waals surface area contributed by atoms with Crippen molar-refractivity contribution in [2.75, 3.05) is 28.7 Å². The zero-order chi connectivity index (χ0) is 20.8. The maximum atomic E-state index is 9.97. The maximum absolute atomic E-state index is 9.97. The summed E-state index contributed by atoms with van der Waals surface area (Å²) in [6.45, 7) is 1.85. The van der Waals surface area contributed by atoms with Crippen LogP contribution in [0.3, 0.4) is 0 Å². The number of hydrazone groups is 1. The number of phenols is 1. The molecule has 30 heavy (non-hydrogen) atoms. The van der Waals surface area contributed by atoms with Crippen LogP contribution in [0, 0.1) is 3.57 Å². The molecule has 0 spiro atoms. The van der Waals surface area contributed by atoms with E-state index in [1.807, 2.05) is 42.5 Å². The summed E-state index contributed by atoms with van der Waals surface area (Å²) in [5, 5.41) is 17.4. The van der Waals surface area contributed by atoms with Gasteiger partial charge in [0.25, 0.3) is 0 Å². The Morgan fingerprint density at radius 2 is 1.73 bits per heavy atom. The number of hydrogen-bond acceptors (Lipinski definition) is 8. The molecule has 1 aliphatic rings. The number of aromatic nitrogens is 3. The van der Waals surface area contributed by atoms with Gasteiger partial charge in [-0.15, -0.1) is 0 Å². The molecule has 3 aromatic rings. The number of benzene rings is 2. The Bertz CT molecular complexity index is 1020. The second kappa shape index (κ2) is 9.70. The molecular weight excluding hydrogens is 493 g/mol. The highest BCUT2D eigenvalue weighted by Gasteiger charge is 2.16. The first-order valence-electron chi connectivity index (χ1n) is 9.78. The highest BCUT2D eigenvalue weighted by atomic mass is 127. The number of aromatic hydroxyl groups is 1. The van der Waals surface area contributed by atoms with E-state index in [0.29, 0.717) is 23.4 Å². The molecule has 9 heteroatoms. The van der Waals surface area contributed by atoms with Gasteiger partial charge in [0.05, 0.1) is 6.21 Å². The lowest BCUT2D eigenvalue weighted by molar-refractivity contribution is 0.474. The standard InChI is InChI=1S/C21H22IN7O/c22-16-9-10-18(30)15(13-16)14-23-28-20-25-19(24-17-7-3-1-4-8-17)26-21(27-20)29-11-5-2-6-12-29/h1,3-4,7-10,13-14,30H,2,5-6,11-12H2,(H2,24,25,26,27,28)/b23-14+. The van der Waals surface area contributed by atoms with Crippen LogP contribution in [0.5, 0.6) is 5.75 Å². The van der Waals surface area contributed by atoms with Crippen molar-refractivity contribution in [3.63, 3.8) is 0 Å². The molecule has 0 atom stereocenters. The van der Waals surface area contributed by atoms with E-state index in [9.17, 15) is 5.11 Å². The highest BCUT2D eigenvalue weighted by molar-refractivity contribution is 14.1. The number of hydrogen-bond donors (Lipinski definition) is 3. The molecule has 8 nitrogen and oxygen atoms in total. The first-order chi connectivity index (χ1) is 14.7. The van der Waals surface area contributed by atoms with Crippen LogP contribution in [0.15, 0.2) is 53.6 Å². The predicted octanol–water partition coefficient (Wildman–Crippen LogP) is 4.36. The highest BCUT2D eigenvalue weighted by Crippen LogP contribution is 2.21. The molecule has 0 amide bonds. The summed E-state index contributed by atoms with van der Waals surface area (Å²) in [5.41, 5.74) is 4.38. The van der Waals surface area contributed by atoms with Gasteiger partial charge >= 0.3 is 0 Å². The van der Waals surface area contributed by atoms with Crippen LogP contribution >= 0.6 is 22.6 Å². The van der Waals surface area contributed by atoms with Gasteiger partial charge in [-0.1, -0.05) is 18.2 Å². The minimum Gasteiger partial charge on any atom is -0.507 e. The van der Waals surface area contributed by atoms with Crippen LogP contribution in [0.4, 0.5) is 23.5 Å². The first-order valence-corrected chi connectivity index (χ1v) is 10.9. The minimum atomic E-state index is 0.164. The van der Waals surface area contributed by atoms with Crippen molar-refractivity contribution in [3.8, 4) is 5.75 Å². The van der Waals surface area contributed by atoms with Crippen LogP contribution < -0.4 is 15.6 Å². The fourth-order valence-corrected chi connectivity index (χ4v) is 3.66. The molecule has 2 heterocycles. The Kier molecular flexibility index (Phi) is 6.57. The van der Waals surface area contributed by atoms with E-state index in [1.165, 1.54) is 6.42 Å².